The predicted molar refractivity (Wildman–Crippen MR) is 78.7 cm³/mol. The van der Waals surface area contributed by atoms with Crippen LogP contribution in [0.1, 0.15) is 18.4 Å². The van der Waals surface area contributed by atoms with Crippen LogP contribution in [0, 0.1) is 0 Å². The highest BCUT2D eigenvalue weighted by atomic mass is 16.1. The Balaban J connectivity index is 1.74. The minimum atomic E-state index is -0.144. The molecule has 0 bridgehead atoms. The Kier molecular flexibility index (Phi) is 5.18. The highest BCUT2D eigenvalue weighted by Crippen LogP contribution is 2.10. The van der Waals surface area contributed by atoms with E-state index in [0.29, 0.717) is 0 Å². The first-order valence-corrected chi connectivity index (χ1v) is 6.86. The third-order valence-corrected chi connectivity index (χ3v) is 3.20. The second-order valence-electron chi connectivity index (χ2n) is 4.77. The number of rotatable bonds is 8. The Morgan fingerprint density at radius 2 is 1.84 bits per heavy atom. The summed E-state index contributed by atoms with van der Waals surface area (Å²) in [5, 5.41) is 6.58. The topological polar surface area (TPSA) is 72.7 Å². The molecule has 19 heavy (non-hydrogen) atoms. The number of aromatic nitrogens is 2. The molecule has 0 aliphatic rings. The van der Waals surface area contributed by atoms with E-state index in [4.69, 9.17) is 0 Å². The molecule has 0 spiro atoms. The maximum Gasteiger partial charge on any atom is 0.323 e. The molecule has 4 N–H and O–H groups in total. The minimum absolute atomic E-state index is 0.144. The van der Waals surface area contributed by atoms with Crippen molar-refractivity contribution in [1.29, 1.82) is 0 Å². The summed E-state index contributed by atoms with van der Waals surface area (Å²) in [6.45, 7) is 3.11. The van der Waals surface area contributed by atoms with Gasteiger partial charge in [0.2, 0.25) is 0 Å². The number of aromatic amines is 2. The number of fused-ring (bicyclic) bond motifs is 1. The highest BCUT2D eigenvalue weighted by molar-refractivity contribution is 5.74. The Labute approximate surface area is 112 Å². The van der Waals surface area contributed by atoms with Crippen LogP contribution < -0.4 is 16.3 Å². The first-order valence-electron chi connectivity index (χ1n) is 6.86. The number of hydrogen-bond acceptors (Lipinski definition) is 3. The van der Waals surface area contributed by atoms with Gasteiger partial charge in [0.1, 0.15) is 0 Å². The second kappa shape index (κ2) is 7.11. The van der Waals surface area contributed by atoms with Crippen molar-refractivity contribution in [3.05, 3.63) is 34.2 Å². The Morgan fingerprint density at radius 3 is 2.68 bits per heavy atom. The summed E-state index contributed by atoms with van der Waals surface area (Å²) in [7, 11) is 1.98. The molecule has 5 nitrogen and oxygen atoms in total. The molecule has 0 fully saturated rings. The molecule has 0 unspecified atom stereocenters. The largest absolute Gasteiger partial charge is 0.323 e. The van der Waals surface area contributed by atoms with Crippen LogP contribution in [0.15, 0.2) is 23.0 Å². The summed E-state index contributed by atoms with van der Waals surface area (Å²) in [4.78, 5) is 16.7. The lowest BCUT2D eigenvalue weighted by Crippen LogP contribution is -2.19. The van der Waals surface area contributed by atoms with Crippen molar-refractivity contribution in [3.63, 3.8) is 0 Å². The van der Waals surface area contributed by atoms with Crippen LogP contribution in [0.3, 0.4) is 0 Å². The average molecular weight is 262 g/mol. The van der Waals surface area contributed by atoms with Crippen LogP contribution in [-0.2, 0) is 6.42 Å². The Bertz CT molecular complexity index is 558. The number of H-pyrrole nitrogens is 2. The fourth-order valence-corrected chi connectivity index (χ4v) is 2.14. The number of hydrogen-bond donors (Lipinski definition) is 4. The number of unbranched alkanes of at least 4 members (excludes halogenated alkanes) is 1. The molecule has 0 saturated carbocycles. The van der Waals surface area contributed by atoms with E-state index in [1.807, 2.05) is 19.2 Å². The Hall–Kier alpha value is -1.59. The van der Waals surface area contributed by atoms with Crippen LogP contribution in [-0.4, -0.2) is 36.6 Å². The van der Waals surface area contributed by atoms with Crippen molar-refractivity contribution < 1.29 is 0 Å². The van der Waals surface area contributed by atoms with Gasteiger partial charge >= 0.3 is 5.69 Å². The molecular weight excluding hydrogens is 240 g/mol. The van der Waals surface area contributed by atoms with E-state index in [2.05, 4.69) is 26.7 Å². The molecule has 104 valence electrons. The lowest BCUT2D eigenvalue weighted by molar-refractivity contribution is 0.606. The van der Waals surface area contributed by atoms with Crippen LogP contribution in [0.2, 0.25) is 0 Å². The monoisotopic (exact) mass is 262 g/mol. The smallest absolute Gasteiger partial charge is 0.320 e. The standard InChI is InChI=1S/C14H22N4O/c1-15-7-2-3-8-16-9-6-11-4-5-12-13(10-11)18-14(19)17-12/h4-5,10,15-16H,2-3,6-9H2,1H3,(H2,17,18,19). The Morgan fingerprint density at radius 1 is 1.05 bits per heavy atom. The third kappa shape index (κ3) is 4.22. The van der Waals surface area contributed by atoms with Crippen molar-refractivity contribution >= 4 is 11.0 Å². The van der Waals surface area contributed by atoms with Crippen LogP contribution in [0.25, 0.3) is 11.0 Å². The summed E-state index contributed by atoms with van der Waals surface area (Å²) < 4.78 is 0. The van der Waals surface area contributed by atoms with Gasteiger partial charge in [0.25, 0.3) is 0 Å². The maximum atomic E-state index is 11.2. The zero-order valence-electron chi connectivity index (χ0n) is 11.4. The highest BCUT2D eigenvalue weighted by Gasteiger charge is 1.99. The number of nitrogens with one attached hydrogen (secondary N) is 4. The third-order valence-electron chi connectivity index (χ3n) is 3.20. The van der Waals surface area contributed by atoms with Gasteiger partial charge in [0.15, 0.2) is 0 Å². The summed E-state index contributed by atoms with van der Waals surface area (Å²) in [5.41, 5.74) is 2.85. The quantitative estimate of drug-likeness (QED) is 0.536. The van der Waals surface area contributed by atoms with Gasteiger partial charge in [-0.1, -0.05) is 6.07 Å². The molecule has 0 atom stereocenters. The van der Waals surface area contributed by atoms with E-state index in [0.717, 1.165) is 37.1 Å². The average Bonchev–Trinajstić information content (AvgIpc) is 2.77. The lowest BCUT2D eigenvalue weighted by atomic mass is 10.1. The number of benzene rings is 1. The second-order valence-corrected chi connectivity index (χ2v) is 4.77. The van der Waals surface area contributed by atoms with Crippen molar-refractivity contribution in [1.82, 2.24) is 20.6 Å². The summed E-state index contributed by atoms with van der Waals surface area (Å²) in [5.74, 6) is 0. The van der Waals surface area contributed by atoms with Gasteiger partial charge in [0, 0.05) is 0 Å². The van der Waals surface area contributed by atoms with E-state index >= 15 is 0 Å². The van der Waals surface area contributed by atoms with Crippen molar-refractivity contribution in [2.75, 3.05) is 26.7 Å². The van der Waals surface area contributed by atoms with Crippen molar-refractivity contribution in [2.45, 2.75) is 19.3 Å². The molecule has 1 heterocycles. The van der Waals surface area contributed by atoms with Gasteiger partial charge in [-0.25, -0.2) is 4.79 Å². The van der Waals surface area contributed by atoms with E-state index in [1.54, 1.807) is 0 Å². The van der Waals surface area contributed by atoms with Gasteiger partial charge in [-0.3, -0.25) is 0 Å². The number of imidazole rings is 1. The van der Waals surface area contributed by atoms with Gasteiger partial charge in [-0.15, -0.1) is 0 Å². The van der Waals surface area contributed by atoms with E-state index in [1.165, 1.54) is 18.4 Å². The normalized spacial score (nSPS) is 11.2. The molecule has 2 aromatic rings. The zero-order valence-corrected chi connectivity index (χ0v) is 11.4. The molecule has 0 aliphatic carbocycles. The lowest BCUT2D eigenvalue weighted by Gasteiger charge is -2.05. The molecule has 5 heteroatoms. The predicted octanol–water partition coefficient (Wildman–Crippen LogP) is 0.988. The van der Waals surface area contributed by atoms with Gasteiger partial charge in [0.05, 0.1) is 11.0 Å². The summed E-state index contributed by atoms with van der Waals surface area (Å²) >= 11 is 0. The van der Waals surface area contributed by atoms with E-state index in [-0.39, 0.29) is 5.69 Å². The summed E-state index contributed by atoms with van der Waals surface area (Å²) in [6.07, 6.45) is 3.39. The van der Waals surface area contributed by atoms with Crippen LogP contribution in [0.4, 0.5) is 0 Å². The van der Waals surface area contributed by atoms with Crippen molar-refractivity contribution in [3.8, 4) is 0 Å². The molecule has 0 aliphatic heterocycles. The fourth-order valence-electron chi connectivity index (χ4n) is 2.14. The molecule has 1 aromatic carbocycles. The van der Waals surface area contributed by atoms with Gasteiger partial charge in [-0.2, -0.15) is 0 Å². The van der Waals surface area contributed by atoms with E-state index < -0.39 is 0 Å². The zero-order chi connectivity index (χ0) is 13.5. The fraction of sp³-hybridized carbons (Fsp3) is 0.500. The molecule has 0 saturated heterocycles. The van der Waals surface area contributed by atoms with Gasteiger partial charge in [-0.05, 0) is 63.6 Å². The van der Waals surface area contributed by atoms with Crippen LogP contribution in [0.5, 0.6) is 0 Å². The first kappa shape index (κ1) is 13.8. The molecule has 0 radical (unpaired) electrons. The van der Waals surface area contributed by atoms with Gasteiger partial charge < -0.3 is 20.6 Å². The maximum absolute atomic E-state index is 11.2. The van der Waals surface area contributed by atoms with Crippen molar-refractivity contribution in [2.24, 2.45) is 0 Å². The molecule has 1 aromatic heterocycles. The molecule has 0 amide bonds. The van der Waals surface area contributed by atoms with Crippen LogP contribution >= 0.6 is 0 Å². The molecular formula is C14H22N4O. The SMILES string of the molecule is CNCCCCNCCc1ccc2[nH]c(=O)[nH]c2c1. The summed E-state index contributed by atoms with van der Waals surface area (Å²) in [6, 6.07) is 6.06. The first-order chi connectivity index (χ1) is 9.29. The molecule has 2 rings (SSSR count). The van der Waals surface area contributed by atoms with E-state index in [9.17, 15) is 4.79 Å². The minimum Gasteiger partial charge on any atom is -0.320 e.